The Labute approximate surface area is 132 Å². The third-order valence-electron chi connectivity index (χ3n) is 3.70. The first-order valence-corrected chi connectivity index (χ1v) is 8.08. The Hall–Kier alpha value is -2.16. The van der Waals surface area contributed by atoms with Gasteiger partial charge in [0.25, 0.3) is 0 Å². The first-order chi connectivity index (χ1) is 10.8. The average Bonchev–Trinajstić information content (AvgIpc) is 2.54. The zero-order chi connectivity index (χ0) is 15.6. The molecule has 2 aromatic carbocycles. The van der Waals surface area contributed by atoms with Crippen molar-refractivity contribution in [2.45, 2.75) is 45.4 Å². The minimum Gasteiger partial charge on any atom is -0.273 e. The van der Waals surface area contributed by atoms with Crippen LogP contribution in [0.3, 0.4) is 0 Å². The van der Waals surface area contributed by atoms with E-state index in [1.54, 1.807) is 6.21 Å². The van der Waals surface area contributed by atoms with Crippen molar-refractivity contribution in [1.82, 2.24) is 5.43 Å². The summed E-state index contributed by atoms with van der Waals surface area (Å²) in [5.74, 6) is -0.0684. The third-order valence-corrected chi connectivity index (χ3v) is 3.70. The molecule has 1 amide bonds. The molecule has 22 heavy (non-hydrogen) atoms. The maximum absolute atomic E-state index is 12.0. The molecule has 0 bridgehead atoms. The number of hydrogen-bond donors (Lipinski definition) is 1. The SMILES string of the molecule is CCCCCCC=NNC(=O)Cc1cccc2ccccc12. The number of nitrogens with zero attached hydrogens (tertiary/aromatic N) is 1. The molecule has 0 aliphatic carbocycles. The lowest BCUT2D eigenvalue weighted by atomic mass is 10.0. The topological polar surface area (TPSA) is 41.5 Å². The second kappa shape index (κ2) is 8.98. The standard InChI is InChI=1S/C19H24N2O/c1-2-3-4-5-8-14-20-21-19(22)15-17-12-9-11-16-10-6-7-13-18(16)17/h6-7,9-14H,2-5,8,15H2,1H3,(H,21,22). The van der Waals surface area contributed by atoms with Crippen molar-refractivity contribution >= 4 is 22.9 Å². The van der Waals surface area contributed by atoms with E-state index in [-0.39, 0.29) is 5.91 Å². The summed E-state index contributed by atoms with van der Waals surface area (Å²) in [4.78, 5) is 12.0. The van der Waals surface area contributed by atoms with Crippen LogP contribution in [0.2, 0.25) is 0 Å². The van der Waals surface area contributed by atoms with E-state index in [1.165, 1.54) is 19.3 Å². The summed E-state index contributed by atoms with van der Waals surface area (Å²) in [5, 5.41) is 6.31. The second-order valence-electron chi connectivity index (χ2n) is 5.51. The average molecular weight is 296 g/mol. The third kappa shape index (κ3) is 4.99. The van der Waals surface area contributed by atoms with Crippen LogP contribution in [-0.4, -0.2) is 12.1 Å². The maximum Gasteiger partial charge on any atom is 0.244 e. The number of nitrogens with one attached hydrogen (secondary N) is 1. The van der Waals surface area contributed by atoms with E-state index in [0.717, 1.165) is 29.2 Å². The minimum atomic E-state index is -0.0684. The molecular formula is C19H24N2O. The Morgan fingerprint density at radius 2 is 1.91 bits per heavy atom. The quantitative estimate of drug-likeness (QED) is 0.436. The molecule has 0 aliphatic heterocycles. The van der Waals surface area contributed by atoms with Gasteiger partial charge in [-0.1, -0.05) is 68.7 Å². The molecule has 0 fully saturated rings. The molecule has 0 saturated carbocycles. The molecule has 2 rings (SSSR count). The predicted octanol–water partition coefficient (Wildman–Crippen LogP) is 4.45. The van der Waals surface area contributed by atoms with Gasteiger partial charge in [0.15, 0.2) is 0 Å². The lowest BCUT2D eigenvalue weighted by molar-refractivity contribution is -0.120. The fraction of sp³-hybridized carbons (Fsp3) is 0.368. The first-order valence-electron chi connectivity index (χ1n) is 8.08. The fourth-order valence-electron chi connectivity index (χ4n) is 2.50. The number of carbonyl (C=O) groups is 1. The van der Waals surface area contributed by atoms with Crippen LogP contribution in [0.1, 0.15) is 44.6 Å². The molecular weight excluding hydrogens is 272 g/mol. The largest absolute Gasteiger partial charge is 0.273 e. The zero-order valence-corrected chi connectivity index (χ0v) is 13.2. The van der Waals surface area contributed by atoms with Gasteiger partial charge < -0.3 is 0 Å². The first kappa shape index (κ1) is 16.2. The van der Waals surface area contributed by atoms with Gasteiger partial charge >= 0.3 is 0 Å². The smallest absolute Gasteiger partial charge is 0.244 e. The van der Waals surface area contributed by atoms with Gasteiger partial charge in [-0.15, -0.1) is 0 Å². The van der Waals surface area contributed by atoms with E-state index < -0.39 is 0 Å². The minimum absolute atomic E-state index is 0.0684. The van der Waals surface area contributed by atoms with Crippen molar-refractivity contribution in [2.75, 3.05) is 0 Å². The van der Waals surface area contributed by atoms with Crippen LogP contribution in [-0.2, 0) is 11.2 Å². The van der Waals surface area contributed by atoms with Crippen molar-refractivity contribution in [3.63, 3.8) is 0 Å². The molecule has 116 valence electrons. The van der Waals surface area contributed by atoms with Gasteiger partial charge in [0, 0.05) is 6.21 Å². The summed E-state index contributed by atoms with van der Waals surface area (Å²) in [6, 6.07) is 14.2. The van der Waals surface area contributed by atoms with Crippen LogP contribution in [0.4, 0.5) is 0 Å². The maximum atomic E-state index is 12.0. The normalized spacial score (nSPS) is 11.1. The van der Waals surface area contributed by atoms with Gasteiger partial charge in [0.1, 0.15) is 0 Å². The van der Waals surface area contributed by atoms with Crippen LogP contribution in [0, 0.1) is 0 Å². The van der Waals surface area contributed by atoms with Crippen molar-refractivity contribution in [1.29, 1.82) is 0 Å². The Kier molecular flexibility index (Phi) is 6.62. The summed E-state index contributed by atoms with van der Waals surface area (Å²) in [6.45, 7) is 2.20. The summed E-state index contributed by atoms with van der Waals surface area (Å²) in [5.41, 5.74) is 3.65. The Morgan fingerprint density at radius 3 is 2.77 bits per heavy atom. The van der Waals surface area contributed by atoms with Crippen molar-refractivity contribution in [2.24, 2.45) is 5.10 Å². The van der Waals surface area contributed by atoms with E-state index in [1.807, 2.05) is 24.3 Å². The van der Waals surface area contributed by atoms with E-state index in [9.17, 15) is 4.79 Å². The zero-order valence-electron chi connectivity index (χ0n) is 13.2. The second-order valence-corrected chi connectivity index (χ2v) is 5.51. The number of hydrazone groups is 1. The number of carbonyl (C=O) groups excluding carboxylic acids is 1. The van der Waals surface area contributed by atoms with Crippen LogP contribution < -0.4 is 5.43 Å². The van der Waals surface area contributed by atoms with E-state index in [0.29, 0.717) is 6.42 Å². The van der Waals surface area contributed by atoms with Gasteiger partial charge in [-0.25, -0.2) is 5.43 Å². The van der Waals surface area contributed by atoms with Crippen molar-refractivity contribution < 1.29 is 4.79 Å². The molecule has 0 unspecified atom stereocenters. The van der Waals surface area contributed by atoms with Crippen LogP contribution in [0.25, 0.3) is 10.8 Å². The van der Waals surface area contributed by atoms with Crippen LogP contribution >= 0.6 is 0 Å². The van der Waals surface area contributed by atoms with Gasteiger partial charge in [-0.05, 0) is 29.2 Å². The molecule has 0 saturated heterocycles. The molecule has 0 heterocycles. The monoisotopic (exact) mass is 296 g/mol. The molecule has 0 aliphatic rings. The highest BCUT2D eigenvalue weighted by Gasteiger charge is 2.05. The number of fused-ring (bicyclic) bond motifs is 1. The number of amides is 1. The molecule has 3 heteroatoms. The number of unbranched alkanes of at least 4 members (excludes halogenated alkanes) is 4. The van der Waals surface area contributed by atoms with Gasteiger partial charge in [-0.3, -0.25) is 4.79 Å². The van der Waals surface area contributed by atoms with Gasteiger partial charge in [0.2, 0.25) is 5.91 Å². The lowest BCUT2D eigenvalue weighted by Crippen LogP contribution is -2.19. The van der Waals surface area contributed by atoms with Crippen molar-refractivity contribution in [3.8, 4) is 0 Å². The molecule has 0 radical (unpaired) electrons. The summed E-state index contributed by atoms with van der Waals surface area (Å²) >= 11 is 0. The van der Waals surface area contributed by atoms with E-state index >= 15 is 0 Å². The predicted molar refractivity (Wildman–Crippen MR) is 93.0 cm³/mol. The summed E-state index contributed by atoms with van der Waals surface area (Å²) in [7, 11) is 0. The van der Waals surface area contributed by atoms with E-state index in [4.69, 9.17) is 0 Å². The Morgan fingerprint density at radius 1 is 1.09 bits per heavy atom. The highest BCUT2D eigenvalue weighted by Crippen LogP contribution is 2.18. The summed E-state index contributed by atoms with van der Waals surface area (Å²) in [6.07, 6.45) is 7.95. The molecule has 0 spiro atoms. The highest BCUT2D eigenvalue weighted by atomic mass is 16.2. The van der Waals surface area contributed by atoms with Gasteiger partial charge in [-0.2, -0.15) is 5.10 Å². The Bertz CT molecular complexity index is 629. The van der Waals surface area contributed by atoms with Crippen LogP contribution in [0.15, 0.2) is 47.6 Å². The number of benzene rings is 2. The molecule has 1 N–H and O–H groups in total. The number of hydrogen-bond acceptors (Lipinski definition) is 2. The highest BCUT2D eigenvalue weighted by molar-refractivity contribution is 5.90. The molecule has 3 nitrogen and oxygen atoms in total. The molecule has 0 atom stereocenters. The van der Waals surface area contributed by atoms with Crippen molar-refractivity contribution in [3.05, 3.63) is 48.0 Å². The van der Waals surface area contributed by atoms with Crippen LogP contribution in [0.5, 0.6) is 0 Å². The summed E-state index contributed by atoms with van der Waals surface area (Å²) < 4.78 is 0. The molecule has 0 aromatic heterocycles. The lowest BCUT2D eigenvalue weighted by Gasteiger charge is -2.05. The van der Waals surface area contributed by atoms with Gasteiger partial charge in [0.05, 0.1) is 6.42 Å². The molecule has 2 aromatic rings. The fourth-order valence-corrected chi connectivity index (χ4v) is 2.50. The number of rotatable bonds is 8. The van der Waals surface area contributed by atoms with E-state index in [2.05, 4.69) is 35.7 Å². The Balaban J connectivity index is 1.82.